The number of hydrogen-bond donors (Lipinski definition) is 0. The first-order valence-electron chi connectivity index (χ1n) is 7.84. The SMILES string of the molecule is C=CCN(Cc1cccc(OC)c1)C(=O)C(CC)n1cccc1. The van der Waals surface area contributed by atoms with Crippen LogP contribution in [0.15, 0.2) is 61.4 Å². The highest BCUT2D eigenvalue weighted by Crippen LogP contribution is 2.19. The molecular weight excluding hydrogens is 288 g/mol. The van der Waals surface area contributed by atoms with Crippen molar-refractivity contribution in [1.29, 1.82) is 0 Å². The predicted octanol–water partition coefficient (Wildman–Crippen LogP) is 3.66. The number of hydrogen-bond acceptors (Lipinski definition) is 2. The van der Waals surface area contributed by atoms with Gasteiger partial charge in [-0.15, -0.1) is 6.58 Å². The normalized spacial score (nSPS) is 11.7. The van der Waals surface area contributed by atoms with Gasteiger partial charge < -0.3 is 14.2 Å². The first-order chi connectivity index (χ1) is 11.2. The summed E-state index contributed by atoms with van der Waals surface area (Å²) < 4.78 is 7.22. The Morgan fingerprint density at radius 3 is 2.70 bits per heavy atom. The van der Waals surface area contributed by atoms with Crippen molar-refractivity contribution in [3.63, 3.8) is 0 Å². The Labute approximate surface area is 138 Å². The number of benzene rings is 1. The smallest absolute Gasteiger partial charge is 0.246 e. The van der Waals surface area contributed by atoms with Gasteiger partial charge >= 0.3 is 0 Å². The average molecular weight is 312 g/mol. The van der Waals surface area contributed by atoms with Gasteiger partial charge in [-0.2, -0.15) is 0 Å². The number of amides is 1. The second-order valence-electron chi connectivity index (χ2n) is 5.41. The second kappa shape index (κ2) is 8.22. The Kier molecular flexibility index (Phi) is 6.03. The van der Waals surface area contributed by atoms with Crippen molar-refractivity contribution in [3.8, 4) is 5.75 Å². The van der Waals surface area contributed by atoms with Gasteiger partial charge in [0.2, 0.25) is 5.91 Å². The Bertz CT molecular complexity index is 635. The largest absolute Gasteiger partial charge is 0.497 e. The molecular formula is C19H24N2O2. The summed E-state index contributed by atoms with van der Waals surface area (Å²) in [5.74, 6) is 0.900. The zero-order valence-electron chi connectivity index (χ0n) is 13.8. The summed E-state index contributed by atoms with van der Waals surface area (Å²) in [7, 11) is 1.64. The van der Waals surface area contributed by atoms with Gasteiger partial charge in [0.25, 0.3) is 0 Å². The number of methoxy groups -OCH3 is 1. The topological polar surface area (TPSA) is 34.5 Å². The van der Waals surface area contributed by atoms with Crippen LogP contribution < -0.4 is 4.74 Å². The summed E-state index contributed by atoms with van der Waals surface area (Å²) in [6, 6.07) is 11.5. The third-order valence-corrected chi connectivity index (χ3v) is 3.83. The van der Waals surface area contributed by atoms with E-state index in [4.69, 9.17) is 4.74 Å². The second-order valence-corrected chi connectivity index (χ2v) is 5.41. The number of rotatable bonds is 8. The van der Waals surface area contributed by atoms with Crippen LogP contribution in [0.2, 0.25) is 0 Å². The van der Waals surface area contributed by atoms with Gasteiger partial charge in [0.15, 0.2) is 0 Å². The van der Waals surface area contributed by atoms with Crippen LogP contribution >= 0.6 is 0 Å². The van der Waals surface area contributed by atoms with Crippen LogP contribution in [0.4, 0.5) is 0 Å². The highest BCUT2D eigenvalue weighted by atomic mass is 16.5. The molecule has 0 aliphatic carbocycles. The lowest BCUT2D eigenvalue weighted by atomic mass is 10.1. The van der Waals surface area contributed by atoms with Crippen LogP contribution in [0.5, 0.6) is 5.75 Å². The van der Waals surface area contributed by atoms with Crippen LogP contribution in [0.1, 0.15) is 24.9 Å². The van der Waals surface area contributed by atoms with Crippen molar-refractivity contribution in [2.45, 2.75) is 25.9 Å². The lowest BCUT2D eigenvalue weighted by Crippen LogP contribution is -2.36. The lowest BCUT2D eigenvalue weighted by Gasteiger charge is -2.27. The molecule has 23 heavy (non-hydrogen) atoms. The molecule has 1 unspecified atom stereocenters. The van der Waals surface area contributed by atoms with Crippen molar-refractivity contribution >= 4 is 5.91 Å². The van der Waals surface area contributed by atoms with Gasteiger partial charge in [0.1, 0.15) is 11.8 Å². The van der Waals surface area contributed by atoms with Crippen molar-refractivity contribution in [1.82, 2.24) is 9.47 Å². The molecule has 2 rings (SSSR count). The summed E-state index contributed by atoms with van der Waals surface area (Å²) in [6.45, 7) is 6.87. The maximum atomic E-state index is 12.9. The van der Waals surface area contributed by atoms with E-state index >= 15 is 0 Å². The van der Waals surface area contributed by atoms with E-state index in [2.05, 4.69) is 6.58 Å². The number of nitrogens with zero attached hydrogens (tertiary/aromatic N) is 2. The third kappa shape index (κ3) is 4.25. The highest BCUT2D eigenvalue weighted by molar-refractivity contribution is 5.80. The average Bonchev–Trinajstić information content (AvgIpc) is 3.09. The van der Waals surface area contributed by atoms with Crippen LogP contribution in [0.3, 0.4) is 0 Å². The first-order valence-corrected chi connectivity index (χ1v) is 7.84. The van der Waals surface area contributed by atoms with E-state index in [0.29, 0.717) is 13.1 Å². The Hall–Kier alpha value is -2.49. The van der Waals surface area contributed by atoms with Crippen molar-refractivity contribution in [2.75, 3.05) is 13.7 Å². The molecule has 0 fully saturated rings. The van der Waals surface area contributed by atoms with Gasteiger partial charge in [-0.3, -0.25) is 4.79 Å². The van der Waals surface area contributed by atoms with Crippen molar-refractivity contribution < 1.29 is 9.53 Å². The van der Waals surface area contributed by atoms with Crippen LogP contribution in [-0.2, 0) is 11.3 Å². The molecule has 2 aromatic rings. The standard InChI is InChI=1S/C19H24N2O2/c1-4-11-21(15-16-9-8-10-17(14-16)23-3)19(22)18(5-2)20-12-6-7-13-20/h4,6-10,12-14,18H,1,5,11,15H2,2-3H3. The molecule has 0 aliphatic heterocycles. The van der Waals surface area contributed by atoms with E-state index in [-0.39, 0.29) is 11.9 Å². The molecule has 1 aromatic carbocycles. The van der Waals surface area contributed by atoms with Crippen LogP contribution in [0, 0.1) is 0 Å². The van der Waals surface area contributed by atoms with Crippen LogP contribution in [0.25, 0.3) is 0 Å². The molecule has 0 saturated carbocycles. The fourth-order valence-electron chi connectivity index (χ4n) is 2.66. The van der Waals surface area contributed by atoms with Gasteiger partial charge in [-0.25, -0.2) is 0 Å². The van der Waals surface area contributed by atoms with E-state index in [1.807, 2.05) is 65.2 Å². The Balaban J connectivity index is 2.19. The van der Waals surface area contributed by atoms with E-state index in [9.17, 15) is 4.79 Å². The maximum absolute atomic E-state index is 12.9. The molecule has 4 heteroatoms. The molecule has 0 saturated heterocycles. The molecule has 122 valence electrons. The molecule has 1 heterocycles. The number of ether oxygens (including phenoxy) is 1. The minimum Gasteiger partial charge on any atom is -0.497 e. The zero-order chi connectivity index (χ0) is 16.7. The molecule has 0 aliphatic rings. The Morgan fingerprint density at radius 1 is 1.35 bits per heavy atom. The molecule has 0 N–H and O–H groups in total. The Morgan fingerprint density at radius 2 is 2.09 bits per heavy atom. The maximum Gasteiger partial charge on any atom is 0.246 e. The lowest BCUT2D eigenvalue weighted by molar-refractivity contribution is -0.135. The predicted molar refractivity (Wildman–Crippen MR) is 92.4 cm³/mol. The molecule has 4 nitrogen and oxygen atoms in total. The number of carbonyl (C=O) groups excluding carboxylic acids is 1. The molecule has 0 spiro atoms. The summed E-state index contributed by atoms with van der Waals surface area (Å²) >= 11 is 0. The fraction of sp³-hybridized carbons (Fsp3) is 0.316. The summed E-state index contributed by atoms with van der Waals surface area (Å²) in [4.78, 5) is 14.8. The third-order valence-electron chi connectivity index (χ3n) is 3.83. The molecule has 1 amide bonds. The monoisotopic (exact) mass is 312 g/mol. The van der Waals surface area contributed by atoms with E-state index in [1.54, 1.807) is 13.2 Å². The van der Waals surface area contributed by atoms with E-state index in [0.717, 1.165) is 17.7 Å². The quantitative estimate of drug-likeness (QED) is 0.697. The van der Waals surface area contributed by atoms with Crippen LogP contribution in [-0.4, -0.2) is 29.0 Å². The molecule has 0 radical (unpaired) electrons. The summed E-state index contributed by atoms with van der Waals surface area (Å²) in [5.41, 5.74) is 1.04. The van der Waals surface area contributed by atoms with Crippen molar-refractivity contribution in [2.24, 2.45) is 0 Å². The highest BCUT2D eigenvalue weighted by Gasteiger charge is 2.23. The minimum absolute atomic E-state index is 0.103. The zero-order valence-corrected chi connectivity index (χ0v) is 13.8. The van der Waals surface area contributed by atoms with Gasteiger partial charge in [0, 0.05) is 25.5 Å². The molecule has 0 bridgehead atoms. The van der Waals surface area contributed by atoms with Gasteiger partial charge in [-0.05, 0) is 36.2 Å². The summed E-state index contributed by atoms with van der Waals surface area (Å²) in [6.07, 6.45) is 6.38. The molecule has 1 atom stereocenters. The number of carbonyl (C=O) groups is 1. The first kappa shape index (κ1) is 16.9. The molecule has 1 aromatic heterocycles. The fourth-order valence-corrected chi connectivity index (χ4v) is 2.66. The van der Waals surface area contributed by atoms with E-state index in [1.165, 1.54) is 0 Å². The minimum atomic E-state index is -0.185. The number of aromatic nitrogens is 1. The van der Waals surface area contributed by atoms with Gasteiger partial charge in [-0.1, -0.05) is 25.1 Å². The van der Waals surface area contributed by atoms with Gasteiger partial charge in [0.05, 0.1) is 7.11 Å². The van der Waals surface area contributed by atoms with E-state index < -0.39 is 0 Å². The summed E-state index contributed by atoms with van der Waals surface area (Å²) in [5, 5.41) is 0. The van der Waals surface area contributed by atoms with Crippen molar-refractivity contribution in [3.05, 3.63) is 67.0 Å².